The molecule has 12 heavy (non-hydrogen) atoms. The minimum atomic E-state index is -0.0234. The van der Waals surface area contributed by atoms with Gasteiger partial charge in [0, 0.05) is 14.1 Å². The molecular weight excluding hydrogens is 152 g/mol. The van der Waals surface area contributed by atoms with E-state index in [0.29, 0.717) is 5.70 Å². The maximum atomic E-state index is 11.2. The summed E-state index contributed by atoms with van der Waals surface area (Å²) in [6.07, 6.45) is 2.60. The van der Waals surface area contributed by atoms with Gasteiger partial charge >= 0.3 is 0 Å². The Bertz CT molecular complexity index is 195. The molecule has 0 unspecified atom stereocenters. The van der Waals surface area contributed by atoms with Crippen LogP contribution in [0.3, 0.4) is 0 Å². The molecule has 0 amide bonds. The molecule has 0 spiro atoms. The zero-order valence-corrected chi connectivity index (χ0v) is 8.00. The summed E-state index contributed by atoms with van der Waals surface area (Å²) in [5.74, 6) is -0.0234. The second kappa shape index (κ2) is 5.52. The maximum Gasteiger partial charge on any atom is 0.199 e. The van der Waals surface area contributed by atoms with E-state index in [4.69, 9.17) is 0 Å². The van der Waals surface area contributed by atoms with Gasteiger partial charge in [-0.2, -0.15) is 0 Å². The molecule has 0 aliphatic heterocycles. The molecule has 0 aliphatic rings. The molecule has 3 heteroatoms. The highest BCUT2D eigenvalue weighted by Crippen LogP contribution is 1.96. The van der Waals surface area contributed by atoms with E-state index in [-0.39, 0.29) is 12.3 Å². The molecule has 0 radical (unpaired) electrons. The number of rotatable bonds is 5. The highest BCUT2D eigenvalue weighted by atomic mass is 16.1. The van der Waals surface area contributed by atoms with Crippen LogP contribution < -0.4 is 0 Å². The van der Waals surface area contributed by atoms with Crippen molar-refractivity contribution in [3.8, 4) is 0 Å². The minimum absolute atomic E-state index is 0.0234. The standard InChI is InChI=1S/C9H16N2O/c1-5-6-10-7-9(12)8(2)11(3)4/h6H,2,5,7H2,1,3-4H3. The third-order valence-corrected chi connectivity index (χ3v) is 1.41. The van der Waals surface area contributed by atoms with E-state index < -0.39 is 0 Å². The van der Waals surface area contributed by atoms with Crippen molar-refractivity contribution >= 4 is 12.0 Å². The summed E-state index contributed by atoms with van der Waals surface area (Å²) in [4.78, 5) is 16.8. The zero-order valence-electron chi connectivity index (χ0n) is 8.00. The van der Waals surface area contributed by atoms with Crippen LogP contribution in [0.25, 0.3) is 0 Å². The number of carbonyl (C=O) groups excluding carboxylic acids is 1. The van der Waals surface area contributed by atoms with E-state index in [1.54, 1.807) is 25.2 Å². The van der Waals surface area contributed by atoms with Crippen LogP contribution >= 0.6 is 0 Å². The summed E-state index contributed by atoms with van der Waals surface area (Å²) in [6, 6.07) is 0. The predicted octanol–water partition coefficient (Wildman–Crippen LogP) is 1.11. The van der Waals surface area contributed by atoms with E-state index in [0.717, 1.165) is 6.42 Å². The number of hydrogen-bond acceptors (Lipinski definition) is 3. The molecule has 3 nitrogen and oxygen atoms in total. The number of carbonyl (C=O) groups is 1. The number of Topliss-reactive ketones (excluding diaryl/α,β-unsaturated/α-hetero) is 1. The van der Waals surface area contributed by atoms with Crippen molar-refractivity contribution in [2.24, 2.45) is 4.99 Å². The summed E-state index contributed by atoms with van der Waals surface area (Å²) in [5.41, 5.74) is 0.503. The van der Waals surface area contributed by atoms with Gasteiger partial charge in [0.15, 0.2) is 5.78 Å². The molecule has 0 fully saturated rings. The SMILES string of the molecule is C=C(C(=O)CN=CCC)N(C)C. The van der Waals surface area contributed by atoms with Crippen LogP contribution in [0.5, 0.6) is 0 Å². The van der Waals surface area contributed by atoms with Crippen molar-refractivity contribution in [1.82, 2.24) is 4.90 Å². The molecular formula is C9H16N2O. The third kappa shape index (κ3) is 3.91. The Kier molecular flexibility index (Phi) is 5.00. The summed E-state index contributed by atoms with van der Waals surface area (Å²) >= 11 is 0. The van der Waals surface area contributed by atoms with Crippen molar-refractivity contribution < 1.29 is 4.79 Å². The highest BCUT2D eigenvalue weighted by Gasteiger charge is 2.06. The lowest BCUT2D eigenvalue weighted by Gasteiger charge is -2.12. The Morgan fingerprint density at radius 1 is 1.58 bits per heavy atom. The monoisotopic (exact) mass is 168 g/mol. The normalized spacial score (nSPS) is 10.2. The summed E-state index contributed by atoms with van der Waals surface area (Å²) < 4.78 is 0. The van der Waals surface area contributed by atoms with E-state index in [2.05, 4.69) is 11.6 Å². The predicted molar refractivity (Wildman–Crippen MR) is 51.5 cm³/mol. The van der Waals surface area contributed by atoms with Gasteiger partial charge in [0.05, 0.1) is 5.70 Å². The fraction of sp³-hybridized carbons (Fsp3) is 0.556. The molecule has 0 aromatic carbocycles. The zero-order chi connectivity index (χ0) is 9.56. The van der Waals surface area contributed by atoms with Crippen molar-refractivity contribution in [2.75, 3.05) is 20.6 Å². The molecule has 0 bridgehead atoms. The average molecular weight is 168 g/mol. The third-order valence-electron chi connectivity index (χ3n) is 1.41. The largest absolute Gasteiger partial charge is 0.375 e. The lowest BCUT2D eigenvalue weighted by atomic mass is 10.3. The van der Waals surface area contributed by atoms with E-state index in [1.807, 2.05) is 6.92 Å². The van der Waals surface area contributed by atoms with Crippen molar-refractivity contribution in [3.05, 3.63) is 12.3 Å². The molecule has 0 aromatic heterocycles. The Morgan fingerprint density at radius 3 is 2.58 bits per heavy atom. The van der Waals surface area contributed by atoms with E-state index in [1.165, 1.54) is 0 Å². The van der Waals surface area contributed by atoms with Crippen molar-refractivity contribution in [1.29, 1.82) is 0 Å². The van der Waals surface area contributed by atoms with Crippen LogP contribution in [0.2, 0.25) is 0 Å². The van der Waals surface area contributed by atoms with Crippen LogP contribution in [0.4, 0.5) is 0 Å². The van der Waals surface area contributed by atoms with Gasteiger partial charge in [-0.3, -0.25) is 9.79 Å². The van der Waals surface area contributed by atoms with Crippen LogP contribution in [-0.2, 0) is 4.79 Å². The van der Waals surface area contributed by atoms with Crippen molar-refractivity contribution in [2.45, 2.75) is 13.3 Å². The fourth-order valence-electron chi connectivity index (χ4n) is 0.617. The van der Waals surface area contributed by atoms with Crippen LogP contribution in [0.1, 0.15) is 13.3 Å². The second-order valence-electron chi connectivity index (χ2n) is 2.70. The Morgan fingerprint density at radius 2 is 2.17 bits per heavy atom. The fourth-order valence-corrected chi connectivity index (χ4v) is 0.617. The van der Waals surface area contributed by atoms with Gasteiger partial charge in [0.1, 0.15) is 6.54 Å². The Labute approximate surface area is 73.8 Å². The number of ketones is 1. The van der Waals surface area contributed by atoms with Gasteiger partial charge in [-0.25, -0.2) is 0 Å². The molecule has 0 aromatic rings. The molecule has 0 heterocycles. The van der Waals surface area contributed by atoms with Gasteiger partial charge in [-0.1, -0.05) is 13.5 Å². The quantitative estimate of drug-likeness (QED) is 0.455. The first-order valence-electron chi connectivity index (χ1n) is 3.97. The van der Waals surface area contributed by atoms with Crippen LogP contribution in [0, 0.1) is 0 Å². The molecule has 0 aliphatic carbocycles. The second-order valence-corrected chi connectivity index (χ2v) is 2.70. The number of hydrogen-bond donors (Lipinski definition) is 0. The molecule has 0 saturated carbocycles. The van der Waals surface area contributed by atoms with Crippen LogP contribution in [0.15, 0.2) is 17.3 Å². The summed E-state index contributed by atoms with van der Waals surface area (Å²) in [7, 11) is 3.59. The Hall–Kier alpha value is -1.12. The first-order chi connectivity index (χ1) is 5.59. The van der Waals surface area contributed by atoms with Crippen molar-refractivity contribution in [3.63, 3.8) is 0 Å². The first-order valence-corrected chi connectivity index (χ1v) is 3.97. The Balaban J connectivity index is 3.88. The van der Waals surface area contributed by atoms with Gasteiger partial charge in [-0.15, -0.1) is 0 Å². The van der Waals surface area contributed by atoms with Gasteiger partial charge < -0.3 is 4.90 Å². The maximum absolute atomic E-state index is 11.2. The molecule has 68 valence electrons. The smallest absolute Gasteiger partial charge is 0.199 e. The molecule has 0 N–H and O–H groups in total. The van der Waals surface area contributed by atoms with Gasteiger partial charge in [-0.05, 0) is 12.6 Å². The number of aliphatic imine (C=N–C) groups is 1. The van der Waals surface area contributed by atoms with E-state index >= 15 is 0 Å². The summed E-state index contributed by atoms with van der Waals surface area (Å²) in [5, 5.41) is 0. The van der Waals surface area contributed by atoms with E-state index in [9.17, 15) is 4.79 Å². The lowest BCUT2D eigenvalue weighted by molar-refractivity contribution is -0.115. The number of nitrogens with zero attached hydrogens (tertiary/aromatic N) is 2. The molecule has 0 rings (SSSR count). The number of likely N-dealkylation sites (N-methyl/N-ethyl adjacent to an activating group) is 1. The average Bonchev–Trinajstić information content (AvgIpc) is 2.03. The van der Waals surface area contributed by atoms with Gasteiger partial charge in [0.25, 0.3) is 0 Å². The molecule has 0 atom stereocenters. The minimum Gasteiger partial charge on any atom is -0.375 e. The topological polar surface area (TPSA) is 32.7 Å². The molecule has 0 saturated heterocycles. The first kappa shape index (κ1) is 10.9. The lowest BCUT2D eigenvalue weighted by Crippen LogP contribution is -2.20. The highest BCUT2D eigenvalue weighted by molar-refractivity contribution is 5.96. The summed E-state index contributed by atoms with van der Waals surface area (Å²) in [6.45, 7) is 5.83. The van der Waals surface area contributed by atoms with Crippen LogP contribution in [-0.4, -0.2) is 37.5 Å². The van der Waals surface area contributed by atoms with Gasteiger partial charge in [0.2, 0.25) is 0 Å².